The number of thiophene rings is 1. The predicted molar refractivity (Wildman–Crippen MR) is 93.0 cm³/mol. The van der Waals surface area contributed by atoms with Crippen LogP contribution in [0.1, 0.15) is 28.3 Å². The minimum atomic E-state index is -0.0174. The molecule has 0 saturated heterocycles. The normalized spacial score (nSPS) is 14.1. The Balaban J connectivity index is 1.52. The van der Waals surface area contributed by atoms with E-state index < -0.39 is 0 Å². The van der Waals surface area contributed by atoms with Crippen LogP contribution in [0.4, 0.5) is 5.13 Å². The van der Waals surface area contributed by atoms with Gasteiger partial charge in [0, 0.05) is 16.3 Å². The molecule has 0 spiro atoms. The minimum Gasteiger partial charge on any atom is -0.301 e. The highest BCUT2D eigenvalue weighted by atomic mass is 35.5. The Labute approximate surface area is 143 Å². The average Bonchev–Trinajstić information content (AvgIpc) is 3.03. The number of nitrogens with zero attached hydrogens (tertiary/aromatic N) is 2. The number of aryl methyl sites for hydroxylation is 2. The molecule has 0 saturated carbocycles. The van der Waals surface area contributed by atoms with Crippen LogP contribution in [0.5, 0.6) is 0 Å². The highest BCUT2D eigenvalue weighted by Crippen LogP contribution is 2.29. The summed E-state index contributed by atoms with van der Waals surface area (Å²) in [5.41, 5.74) is 1.17. The molecule has 4 nitrogen and oxygen atoms in total. The molecule has 0 radical (unpaired) electrons. The van der Waals surface area contributed by atoms with E-state index in [9.17, 15) is 4.79 Å². The number of likely N-dealkylation sites (N-methyl/N-ethyl adjacent to an activating group) is 1. The van der Waals surface area contributed by atoms with E-state index in [1.807, 2.05) is 24.1 Å². The summed E-state index contributed by atoms with van der Waals surface area (Å²) < 4.78 is 0.779. The highest BCUT2D eigenvalue weighted by Gasteiger charge is 2.17. The second kappa shape index (κ2) is 7.08. The fourth-order valence-corrected chi connectivity index (χ4v) is 4.80. The standard InChI is InChI=1S/C15H18ClN3OS2/c1-19(8-10-6-7-13(16)21-10)9-14(20)18-15-17-11-4-2-3-5-12(11)22-15/h6-7H,2-5,8-9H2,1H3,(H,17,18,20). The number of amides is 1. The third-order valence-corrected chi connectivity index (χ3v) is 5.85. The average molecular weight is 356 g/mol. The first-order valence-corrected chi connectivity index (χ1v) is 9.32. The topological polar surface area (TPSA) is 45.2 Å². The Morgan fingerprint density at radius 3 is 2.91 bits per heavy atom. The van der Waals surface area contributed by atoms with Gasteiger partial charge in [-0.25, -0.2) is 4.98 Å². The van der Waals surface area contributed by atoms with Gasteiger partial charge in [-0.3, -0.25) is 9.69 Å². The van der Waals surface area contributed by atoms with Gasteiger partial charge in [0.1, 0.15) is 0 Å². The molecule has 0 atom stereocenters. The maximum Gasteiger partial charge on any atom is 0.240 e. The minimum absolute atomic E-state index is 0.0174. The molecule has 0 bridgehead atoms. The molecule has 22 heavy (non-hydrogen) atoms. The lowest BCUT2D eigenvalue weighted by atomic mass is 10.0. The zero-order chi connectivity index (χ0) is 15.5. The van der Waals surface area contributed by atoms with Gasteiger partial charge in [0.05, 0.1) is 16.6 Å². The monoisotopic (exact) mass is 355 g/mol. The van der Waals surface area contributed by atoms with Crippen molar-refractivity contribution >= 4 is 45.3 Å². The van der Waals surface area contributed by atoms with E-state index in [0.29, 0.717) is 6.54 Å². The summed E-state index contributed by atoms with van der Waals surface area (Å²) in [6.07, 6.45) is 4.58. The number of anilines is 1. The van der Waals surface area contributed by atoms with Gasteiger partial charge in [-0.1, -0.05) is 11.6 Å². The molecule has 2 heterocycles. The molecule has 3 rings (SSSR count). The molecule has 1 aliphatic carbocycles. The van der Waals surface area contributed by atoms with Crippen LogP contribution in [0.3, 0.4) is 0 Å². The molecule has 118 valence electrons. The Hall–Kier alpha value is -0.950. The van der Waals surface area contributed by atoms with Gasteiger partial charge >= 0.3 is 0 Å². The van der Waals surface area contributed by atoms with Gasteiger partial charge in [-0.2, -0.15) is 0 Å². The third kappa shape index (κ3) is 4.07. The van der Waals surface area contributed by atoms with Crippen LogP contribution in [-0.2, 0) is 24.2 Å². The van der Waals surface area contributed by atoms with Crippen molar-refractivity contribution in [1.29, 1.82) is 0 Å². The zero-order valence-corrected chi connectivity index (χ0v) is 14.8. The van der Waals surface area contributed by atoms with Crippen molar-refractivity contribution in [1.82, 2.24) is 9.88 Å². The summed E-state index contributed by atoms with van der Waals surface area (Å²) in [6, 6.07) is 3.88. The number of carbonyl (C=O) groups excluding carboxylic acids is 1. The van der Waals surface area contributed by atoms with E-state index in [4.69, 9.17) is 11.6 Å². The van der Waals surface area contributed by atoms with Gasteiger partial charge in [-0.05, 0) is 44.9 Å². The van der Waals surface area contributed by atoms with E-state index >= 15 is 0 Å². The summed E-state index contributed by atoms with van der Waals surface area (Å²) in [4.78, 5) is 21.1. The van der Waals surface area contributed by atoms with E-state index in [0.717, 1.165) is 33.7 Å². The lowest BCUT2D eigenvalue weighted by Crippen LogP contribution is -2.29. The first kappa shape index (κ1) is 15.9. The quantitative estimate of drug-likeness (QED) is 0.887. The lowest BCUT2D eigenvalue weighted by Gasteiger charge is -2.14. The molecule has 2 aromatic heterocycles. The maximum atomic E-state index is 12.1. The lowest BCUT2D eigenvalue weighted by molar-refractivity contribution is -0.117. The van der Waals surface area contributed by atoms with Crippen molar-refractivity contribution in [3.63, 3.8) is 0 Å². The van der Waals surface area contributed by atoms with Gasteiger partial charge in [0.25, 0.3) is 0 Å². The number of rotatable bonds is 5. The van der Waals surface area contributed by atoms with Crippen molar-refractivity contribution in [2.24, 2.45) is 0 Å². The van der Waals surface area contributed by atoms with Crippen LogP contribution in [0.2, 0.25) is 4.34 Å². The van der Waals surface area contributed by atoms with Gasteiger partial charge in [-0.15, -0.1) is 22.7 Å². The summed E-state index contributed by atoms with van der Waals surface area (Å²) >= 11 is 9.09. The Bertz CT molecular complexity index is 644. The summed E-state index contributed by atoms with van der Waals surface area (Å²) in [7, 11) is 1.93. The Kier molecular flexibility index (Phi) is 5.13. The molecule has 1 N–H and O–H groups in total. The first-order valence-electron chi connectivity index (χ1n) is 7.31. The molecule has 2 aromatic rings. The number of hydrogen-bond donors (Lipinski definition) is 1. The van der Waals surface area contributed by atoms with Crippen molar-refractivity contribution in [2.75, 3.05) is 18.9 Å². The molecule has 0 aliphatic heterocycles. The van der Waals surface area contributed by atoms with Crippen LogP contribution in [0, 0.1) is 0 Å². The summed E-state index contributed by atoms with van der Waals surface area (Å²) in [5, 5.41) is 3.67. The highest BCUT2D eigenvalue weighted by molar-refractivity contribution is 7.16. The van der Waals surface area contributed by atoms with Crippen molar-refractivity contribution in [3.8, 4) is 0 Å². The predicted octanol–water partition coefficient (Wildman–Crippen LogP) is 3.81. The smallest absolute Gasteiger partial charge is 0.240 e. The van der Waals surface area contributed by atoms with Crippen LogP contribution in [-0.4, -0.2) is 29.4 Å². The largest absolute Gasteiger partial charge is 0.301 e. The number of nitrogens with one attached hydrogen (secondary N) is 1. The van der Waals surface area contributed by atoms with Crippen LogP contribution in [0.15, 0.2) is 12.1 Å². The molecule has 1 amide bonds. The summed E-state index contributed by atoms with van der Waals surface area (Å²) in [5.74, 6) is -0.0174. The Morgan fingerprint density at radius 2 is 2.18 bits per heavy atom. The van der Waals surface area contributed by atoms with Crippen molar-refractivity contribution in [2.45, 2.75) is 32.2 Å². The maximum absolute atomic E-state index is 12.1. The first-order chi connectivity index (χ1) is 10.6. The van der Waals surface area contributed by atoms with Crippen molar-refractivity contribution in [3.05, 3.63) is 31.9 Å². The molecule has 7 heteroatoms. The van der Waals surface area contributed by atoms with Gasteiger partial charge in [0.2, 0.25) is 5.91 Å². The fraction of sp³-hybridized carbons (Fsp3) is 0.467. The molecule has 0 aromatic carbocycles. The van der Waals surface area contributed by atoms with E-state index in [1.165, 1.54) is 23.4 Å². The number of aromatic nitrogens is 1. The van der Waals surface area contributed by atoms with Crippen molar-refractivity contribution < 1.29 is 4.79 Å². The number of carbonyl (C=O) groups is 1. The van der Waals surface area contributed by atoms with Gasteiger partial charge in [0.15, 0.2) is 5.13 Å². The van der Waals surface area contributed by atoms with Crippen LogP contribution < -0.4 is 5.32 Å². The third-order valence-electron chi connectivity index (χ3n) is 3.56. The number of halogens is 1. The van der Waals surface area contributed by atoms with E-state index in [-0.39, 0.29) is 5.91 Å². The summed E-state index contributed by atoms with van der Waals surface area (Å²) in [6.45, 7) is 1.07. The second-order valence-corrected chi connectivity index (χ2v) is 8.41. The Morgan fingerprint density at radius 1 is 1.36 bits per heavy atom. The van der Waals surface area contributed by atoms with E-state index in [1.54, 1.807) is 22.7 Å². The van der Waals surface area contributed by atoms with Crippen LogP contribution >= 0.6 is 34.3 Å². The molecule has 0 fully saturated rings. The number of hydrogen-bond acceptors (Lipinski definition) is 5. The number of thiazole rings is 1. The molecular weight excluding hydrogens is 338 g/mol. The van der Waals surface area contributed by atoms with Crippen LogP contribution in [0.25, 0.3) is 0 Å². The SMILES string of the molecule is CN(CC(=O)Nc1nc2c(s1)CCCC2)Cc1ccc(Cl)s1. The zero-order valence-electron chi connectivity index (χ0n) is 12.4. The second-order valence-electron chi connectivity index (χ2n) is 5.52. The number of fused-ring (bicyclic) bond motifs is 1. The van der Waals surface area contributed by atoms with Gasteiger partial charge < -0.3 is 5.32 Å². The molecule has 1 aliphatic rings. The molecular formula is C15H18ClN3OS2. The molecule has 0 unspecified atom stereocenters. The van der Waals surface area contributed by atoms with E-state index in [2.05, 4.69) is 10.3 Å². The fourth-order valence-electron chi connectivity index (χ4n) is 2.57.